The monoisotopic (exact) mass is 237 g/mol. The molecule has 3 heteroatoms. The fourth-order valence-corrected chi connectivity index (χ4v) is 2.90. The van der Waals surface area contributed by atoms with Gasteiger partial charge in [0.15, 0.2) is 0 Å². The molecule has 0 aromatic rings. The summed E-state index contributed by atoms with van der Waals surface area (Å²) in [4.78, 5) is 0. The minimum atomic E-state index is 0. The lowest BCUT2D eigenvalue weighted by Crippen LogP contribution is -2.18. The zero-order valence-electron chi connectivity index (χ0n) is 9.21. The van der Waals surface area contributed by atoms with E-state index in [1.807, 2.05) is 11.8 Å². The maximum Gasteiger partial charge on any atom is 0.0507 e. The van der Waals surface area contributed by atoms with Crippen molar-refractivity contribution >= 4 is 24.2 Å². The van der Waals surface area contributed by atoms with Crippen molar-refractivity contribution in [3.63, 3.8) is 0 Å². The molecule has 1 fully saturated rings. The summed E-state index contributed by atoms with van der Waals surface area (Å²) in [5, 5.41) is 0.395. The second-order valence-corrected chi connectivity index (χ2v) is 5.59. The summed E-state index contributed by atoms with van der Waals surface area (Å²) < 4.78 is 0. The van der Waals surface area contributed by atoms with E-state index in [0.29, 0.717) is 5.37 Å². The van der Waals surface area contributed by atoms with Gasteiger partial charge in [0, 0.05) is 0 Å². The largest absolute Gasteiger partial charge is 0.319 e. The summed E-state index contributed by atoms with van der Waals surface area (Å²) in [5.41, 5.74) is 5.96. The van der Waals surface area contributed by atoms with Gasteiger partial charge in [-0.3, -0.25) is 0 Å². The fourth-order valence-electron chi connectivity index (χ4n) is 2.17. The smallest absolute Gasteiger partial charge is 0.0507 e. The summed E-state index contributed by atoms with van der Waals surface area (Å²) in [6.45, 7) is 2.19. The van der Waals surface area contributed by atoms with Crippen LogP contribution in [0.3, 0.4) is 0 Å². The normalized spacial score (nSPS) is 20.1. The Labute approximate surface area is 99.0 Å². The molecule has 1 nitrogen and oxygen atoms in total. The van der Waals surface area contributed by atoms with Crippen LogP contribution >= 0.6 is 24.2 Å². The lowest BCUT2D eigenvalue weighted by molar-refractivity contribution is 0.332. The molecule has 0 aromatic carbocycles. The van der Waals surface area contributed by atoms with E-state index in [4.69, 9.17) is 5.73 Å². The molecule has 0 saturated heterocycles. The van der Waals surface area contributed by atoms with Gasteiger partial charge in [-0.15, -0.1) is 24.2 Å². The van der Waals surface area contributed by atoms with Gasteiger partial charge >= 0.3 is 0 Å². The first-order valence-electron chi connectivity index (χ1n) is 5.70. The van der Waals surface area contributed by atoms with Crippen LogP contribution in [0.25, 0.3) is 0 Å². The summed E-state index contributed by atoms with van der Waals surface area (Å²) in [7, 11) is 0. The Morgan fingerprint density at radius 1 is 1.29 bits per heavy atom. The molecular formula is C11H24ClNS. The highest BCUT2D eigenvalue weighted by molar-refractivity contribution is 7.99. The Morgan fingerprint density at radius 3 is 2.50 bits per heavy atom. The summed E-state index contributed by atoms with van der Waals surface area (Å²) in [5.74, 6) is 2.16. The molecule has 0 amide bonds. The molecule has 1 aliphatic rings. The van der Waals surface area contributed by atoms with Gasteiger partial charge < -0.3 is 5.73 Å². The maximum atomic E-state index is 5.96. The van der Waals surface area contributed by atoms with Crippen LogP contribution in [-0.2, 0) is 0 Å². The van der Waals surface area contributed by atoms with Crippen LogP contribution < -0.4 is 5.73 Å². The number of hydrogen-bond donors (Lipinski definition) is 1. The second kappa shape index (κ2) is 8.87. The van der Waals surface area contributed by atoms with E-state index in [1.165, 1.54) is 44.9 Å². The van der Waals surface area contributed by atoms with Gasteiger partial charge in [-0.05, 0) is 24.5 Å². The molecule has 1 atom stereocenters. The zero-order valence-corrected chi connectivity index (χ0v) is 10.8. The van der Waals surface area contributed by atoms with Gasteiger partial charge in [-0.25, -0.2) is 0 Å². The van der Waals surface area contributed by atoms with Crippen LogP contribution in [0, 0.1) is 5.92 Å². The minimum Gasteiger partial charge on any atom is -0.319 e. The van der Waals surface area contributed by atoms with E-state index in [1.54, 1.807) is 0 Å². The van der Waals surface area contributed by atoms with Gasteiger partial charge in [0.05, 0.1) is 5.37 Å². The van der Waals surface area contributed by atoms with Crippen molar-refractivity contribution in [1.29, 1.82) is 0 Å². The third kappa shape index (κ3) is 6.15. The predicted molar refractivity (Wildman–Crippen MR) is 69.2 cm³/mol. The number of rotatable bonds is 5. The fraction of sp³-hybridized carbons (Fsp3) is 1.00. The lowest BCUT2D eigenvalue weighted by Gasteiger charge is -2.22. The second-order valence-electron chi connectivity index (χ2n) is 4.08. The Morgan fingerprint density at radius 2 is 1.93 bits per heavy atom. The van der Waals surface area contributed by atoms with Crippen molar-refractivity contribution < 1.29 is 0 Å². The number of nitrogens with two attached hydrogens (primary N) is 1. The van der Waals surface area contributed by atoms with Crippen molar-refractivity contribution in [2.45, 2.75) is 57.2 Å². The molecule has 2 N–H and O–H groups in total. The quantitative estimate of drug-likeness (QED) is 0.736. The minimum absolute atomic E-state index is 0. The average Bonchev–Trinajstić information content (AvgIpc) is 2.17. The first kappa shape index (κ1) is 14.6. The van der Waals surface area contributed by atoms with Crippen molar-refractivity contribution in [3.8, 4) is 0 Å². The van der Waals surface area contributed by atoms with Gasteiger partial charge in [-0.1, -0.05) is 39.0 Å². The highest BCUT2D eigenvalue weighted by Crippen LogP contribution is 2.28. The van der Waals surface area contributed by atoms with Crippen molar-refractivity contribution in [2.24, 2.45) is 11.7 Å². The van der Waals surface area contributed by atoms with E-state index < -0.39 is 0 Å². The average molecular weight is 238 g/mol. The standard InChI is InChI=1S/C11H23NS.ClH/c1-2-13-11(12)9-8-10-6-4-3-5-7-10;/h10-11H,2-9,12H2,1H3;1H/t11-;/m0./s1. The molecule has 0 spiro atoms. The third-order valence-electron chi connectivity index (χ3n) is 2.96. The maximum absolute atomic E-state index is 5.96. The Hall–Kier alpha value is 0.600. The van der Waals surface area contributed by atoms with Crippen LogP contribution in [0.4, 0.5) is 0 Å². The van der Waals surface area contributed by atoms with Crippen LogP contribution in [0.1, 0.15) is 51.9 Å². The summed E-state index contributed by atoms with van der Waals surface area (Å²) in [6.07, 6.45) is 9.90. The van der Waals surface area contributed by atoms with Gasteiger partial charge in [0.1, 0.15) is 0 Å². The number of halogens is 1. The van der Waals surface area contributed by atoms with Crippen LogP contribution in [0.2, 0.25) is 0 Å². The lowest BCUT2D eigenvalue weighted by atomic mass is 9.86. The topological polar surface area (TPSA) is 26.0 Å². The Kier molecular flexibility index (Phi) is 9.25. The van der Waals surface area contributed by atoms with E-state index in [0.717, 1.165) is 11.7 Å². The molecule has 0 aliphatic heterocycles. The molecule has 0 unspecified atom stereocenters. The molecule has 86 valence electrons. The van der Waals surface area contributed by atoms with Crippen LogP contribution in [0.5, 0.6) is 0 Å². The number of hydrogen-bond acceptors (Lipinski definition) is 2. The number of thioether (sulfide) groups is 1. The first-order chi connectivity index (χ1) is 6.33. The van der Waals surface area contributed by atoms with E-state index in [9.17, 15) is 0 Å². The zero-order chi connectivity index (χ0) is 9.52. The van der Waals surface area contributed by atoms with Crippen LogP contribution in [0.15, 0.2) is 0 Å². The highest BCUT2D eigenvalue weighted by atomic mass is 35.5. The van der Waals surface area contributed by atoms with Crippen molar-refractivity contribution in [1.82, 2.24) is 0 Å². The Bertz CT molecular complexity index is 126. The molecule has 1 aliphatic carbocycles. The predicted octanol–water partition coefficient (Wildman–Crippen LogP) is 3.81. The molecule has 0 aromatic heterocycles. The SMILES string of the molecule is CCS[C@H](N)CCC1CCCCC1.Cl. The van der Waals surface area contributed by atoms with Gasteiger partial charge in [0.25, 0.3) is 0 Å². The molecule has 14 heavy (non-hydrogen) atoms. The molecule has 0 heterocycles. The molecule has 1 rings (SSSR count). The Balaban J connectivity index is 0.00000169. The van der Waals surface area contributed by atoms with Gasteiger partial charge in [-0.2, -0.15) is 0 Å². The van der Waals surface area contributed by atoms with Crippen molar-refractivity contribution in [3.05, 3.63) is 0 Å². The molecule has 0 radical (unpaired) electrons. The third-order valence-corrected chi connectivity index (χ3v) is 3.96. The van der Waals surface area contributed by atoms with E-state index >= 15 is 0 Å². The summed E-state index contributed by atoms with van der Waals surface area (Å²) in [6, 6.07) is 0. The van der Waals surface area contributed by atoms with Crippen LogP contribution in [-0.4, -0.2) is 11.1 Å². The highest BCUT2D eigenvalue weighted by Gasteiger charge is 2.14. The van der Waals surface area contributed by atoms with Crippen molar-refractivity contribution in [2.75, 3.05) is 5.75 Å². The molecule has 1 saturated carbocycles. The molecular weight excluding hydrogens is 214 g/mol. The summed E-state index contributed by atoms with van der Waals surface area (Å²) >= 11 is 1.90. The van der Waals surface area contributed by atoms with E-state index in [-0.39, 0.29) is 12.4 Å². The van der Waals surface area contributed by atoms with E-state index in [2.05, 4.69) is 6.92 Å². The first-order valence-corrected chi connectivity index (χ1v) is 6.75. The molecule has 0 bridgehead atoms. The van der Waals surface area contributed by atoms with Gasteiger partial charge in [0.2, 0.25) is 0 Å².